The molecule has 0 saturated carbocycles. The highest BCUT2D eigenvalue weighted by Gasteiger charge is 2.56. The zero-order valence-electron chi connectivity index (χ0n) is 18.9. The molecular formula is C24H27BF2N4. The van der Waals surface area contributed by atoms with E-state index in [4.69, 9.17) is 0 Å². The molecule has 5 rings (SSSR count). The van der Waals surface area contributed by atoms with Gasteiger partial charge in [-0.3, -0.25) is 0 Å². The predicted molar refractivity (Wildman–Crippen MR) is 122 cm³/mol. The van der Waals surface area contributed by atoms with E-state index in [0.29, 0.717) is 22.8 Å². The molecule has 7 heteroatoms. The van der Waals surface area contributed by atoms with Crippen LogP contribution in [0.3, 0.4) is 0 Å². The summed E-state index contributed by atoms with van der Waals surface area (Å²) in [5.41, 5.74) is 9.11. The Bertz CT molecular complexity index is 1370. The second-order valence-electron chi connectivity index (χ2n) is 8.59. The van der Waals surface area contributed by atoms with Gasteiger partial charge in [0, 0.05) is 42.4 Å². The number of imidazole rings is 1. The van der Waals surface area contributed by atoms with Crippen molar-refractivity contribution in [2.45, 2.75) is 54.4 Å². The summed E-state index contributed by atoms with van der Waals surface area (Å²) in [6.45, 7) is 7.71. The molecule has 0 N–H and O–H groups in total. The van der Waals surface area contributed by atoms with E-state index >= 15 is 8.63 Å². The molecule has 0 unspecified atom stereocenters. The molecule has 5 heterocycles. The van der Waals surface area contributed by atoms with Gasteiger partial charge < -0.3 is 22.0 Å². The normalized spacial score (nSPS) is 17.8. The van der Waals surface area contributed by atoms with Crippen LogP contribution < -0.4 is 0 Å². The average Bonchev–Trinajstić information content (AvgIpc) is 3.36. The van der Waals surface area contributed by atoms with Gasteiger partial charge in [-0.2, -0.15) is 0 Å². The second kappa shape index (κ2) is 6.52. The van der Waals surface area contributed by atoms with Crippen molar-refractivity contribution in [3.05, 3.63) is 75.6 Å². The van der Waals surface area contributed by atoms with Crippen molar-refractivity contribution in [3.63, 3.8) is 0 Å². The largest absolute Gasteiger partial charge is 0.737 e. The monoisotopic (exact) mass is 420 g/mol. The fourth-order valence-electron chi connectivity index (χ4n) is 5.82. The molecule has 0 radical (unpaired) electrons. The van der Waals surface area contributed by atoms with E-state index in [2.05, 4.69) is 4.98 Å². The maximum absolute atomic E-state index is 16.2. The van der Waals surface area contributed by atoms with E-state index in [1.807, 2.05) is 70.5 Å². The van der Waals surface area contributed by atoms with Crippen LogP contribution in [0.4, 0.5) is 8.63 Å². The summed E-state index contributed by atoms with van der Waals surface area (Å²) in [4.78, 5) is 4.43. The van der Waals surface area contributed by atoms with Crippen LogP contribution in [-0.2, 0) is 6.42 Å². The van der Waals surface area contributed by atoms with E-state index in [0.717, 1.165) is 51.9 Å². The Morgan fingerprint density at radius 3 is 2.48 bits per heavy atom. The topological polar surface area (TPSA) is 25.2 Å². The molecule has 0 aromatic carbocycles. The molecule has 0 saturated heterocycles. The molecule has 3 aromatic rings. The Labute approximate surface area is 181 Å². The molecule has 0 amide bonds. The van der Waals surface area contributed by atoms with Gasteiger partial charge in [0.1, 0.15) is 11.4 Å². The van der Waals surface area contributed by atoms with Gasteiger partial charge in [0.05, 0.1) is 5.57 Å². The second-order valence-corrected chi connectivity index (χ2v) is 8.59. The number of fused-ring (bicyclic) bond motifs is 3. The Balaban J connectivity index is 1.98. The lowest BCUT2D eigenvalue weighted by atomic mass is 9.84. The molecule has 160 valence electrons. The van der Waals surface area contributed by atoms with Crippen molar-refractivity contribution in [1.82, 2.24) is 13.9 Å². The van der Waals surface area contributed by atoms with Crippen LogP contribution in [-0.4, -0.2) is 31.0 Å². The van der Waals surface area contributed by atoms with Gasteiger partial charge in [-0.1, -0.05) is 13.8 Å². The van der Waals surface area contributed by atoms with E-state index in [1.54, 1.807) is 6.20 Å². The molecule has 0 atom stereocenters. The fraction of sp³-hybridized carbons (Fsp3) is 0.333. The predicted octanol–water partition coefficient (Wildman–Crippen LogP) is 5.52. The molecule has 0 spiro atoms. The highest BCUT2D eigenvalue weighted by molar-refractivity contribution is 6.58. The molecule has 3 aromatic heterocycles. The van der Waals surface area contributed by atoms with Gasteiger partial charge in [-0.15, -0.1) is 0 Å². The number of hydrogen-bond acceptors (Lipinski definition) is 1. The molecule has 31 heavy (non-hydrogen) atoms. The third kappa shape index (κ3) is 2.40. The number of allylic oxidation sites excluding steroid dienone is 2. The van der Waals surface area contributed by atoms with Crippen molar-refractivity contribution >= 4 is 23.9 Å². The minimum absolute atomic E-state index is 0.644. The van der Waals surface area contributed by atoms with Gasteiger partial charge in [0.25, 0.3) is 0 Å². The average molecular weight is 420 g/mol. The van der Waals surface area contributed by atoms with Crippen molar-refractivity contribution in [1.29, 1.82) is 0 Å². The standard InChI is InChI=1S/C24H27BF2N4/c1-7-19-14(3)23-22(18-9-11-29-12-10-28-21(29)13-18)24-15(4)20(8-2)17(6)31(24)25(26,27)30(23)16(19)5/h9-13H,7-8H2,1-6H3. The molecule has 0 aliphatic carbocycles. The van der Waals surface area contributed by atoms with Gasteiger partial charge >= 0.3 is 6.97 Å². The first-order valence-electron chi connectivity index (χ1n) is 11.0. The zero-order chi connectivity index (χ0) is 22.2. The quantitative estimate of drug-likeness (QED) is 0.512. The maximum Gasteiger partial charge on any atom is 0.737 e. The molecular weight excluding hydrogens is 393 g/mol. The molecule has 0 fully saturated rings. The van der Waals surface area contributed by atoms with E-state index in [9.17, 15) is 0 Å². The van der Waals surface area contributed by atoms with Crippen molar-refractivity contribution < 1.29 is 13.1 Å². The van der Waals surface area contributed by atoms with Crippen LogP contribution in [0.25, 0.3) is 11.2 Å². The summed E-state index contributed by atoms with van der Waals surface area (Å²) >= 11 is 0. The van der Waals surface area contributed by atoms with Crippen LogP contribution in [0.15, 0.2) is 47.6 Å². The van der Waals surface area contributed by atoms with Gasteiger partial charge in [-0.05, 0) is 68.1 Å². The highest BCUT2D eigenvalue weighted by atomic mass is 19.2. The van der Waals surface area contributed by atoms with Gasteiger partial charge in [0.15, 0.2) is 5.70 Å². The molecule has 2 aliphatic rings. The summed E-state index contributed by atoms with van der Waals surface area (Å²) in [6, 6.07) is 4.01. The Morgan fingerprint density at radius 2 is 1.81 bits per heavy atom. The lowest BCUT2D eigenvalue weighted by Gasteiger charge is -2.34. The molecule has 4 nitrogen and oxygen atoms in total. The van der Waals surface area contributed by atoms with E-state index in [-0.39, 0.29) is 0 Å². The van der Waals surface area contributed by atoms with Crippen LogP contribution >= 0.6 is 0 Å². The van der Waals surface area contributed by atoms with Gasteiger partial charge in [0.2, 0.25) is 0 Å². The lowest BCUT2D eigenvalue weighted by molar-refractivity contribution is -0.363. The Kier molecular flexibility index (Phi) is 4.20. The van der Waals surface area contributed by atoms with Crippen molar-refractivity contribution in [2.75, 3.05) is 0 Å². The minimum Gasteiger partial charge on any atom is -0.393 e. The summed E-state index contributed by atoms with van der Waals surface area (Å²) < 4.78 is 37.0. The molecule has 2 aliphatic heterocycles. The molecule has 0 bridgehead atoms. The smallest absolute Gasteiger partial charge is 0.393 e. The number of rotatable bonds is 3. The summed E-state index contributed by atoms with van der Waals surface area (Å²) in [5, 5.41) is 0. The third-order valence-electron chi connectivity index (χ3n) is 7.18. The fourth-order valence-corrected chi connectivity index (χ4v) is 5.82. The van der Waals surface area contributed by atoms with Crippen LogP contribution in [0.1, 0.15) is 62.2 Å². The van der Waals surface area contributed by atoms with Crippen LogP contribution in [0, 0.1) is 13.8 Å². The van der Waals surface area contributed by atoms with Gasteiger partial charge in [-0.25, -0.2) is 4.98 Å². The van der Waals surface area contributed by atoms with Crippen LogP contribution in [0.5, 0.6) is 0 Å². The number of hydrogen-bond donors (Lipinski definition) is 0. The SMILES string of the molecule is CCC1=C(C)C2=C(c3ccn4ccnc4c3)c3c(C)c(CC)c(C)n3[B-](F)(F)[N+]2=C1C. The Morgan fingerprint density at radius 1 is 1.06 bits per heavy atom. The summed E-state index contributed by atoms with van der Waals surface area (Å²) in [7, 11) is 0. The maximum atomic E-state index is 16.2. The zero-order valence-corrected chi connectivity index (χ0v) is 18.9. The summed E-state index contributed by atoms with van der Waals surface area (Å²) in [6.07, 6.45) is 7.05. The summed E-state index contributed by atoms with van der Waals surface area (Å²) in [5.74, 6) is 0. The first-order chi connectivity index (χ1) is 14.7. The van der Waals surface area contributed by atoms with Crippen LogP contribution in [0.2, 0.25) is 0 Å². The lowest BCUT2D eigenvalue weighted by Crippen LogP contribution is -2.51. The van der Waals surface area contributed by atoms with Crippen molar-refractivity contribution in [3.8, 4) is 0 Å². The first-order valence-corrected chi connectivity index (χ1v) is 11.0. The van der Waals surface area contributed by atoms with E-state index in [1.165, 1.54) is 8.96 Å². The minimum atomic E-state index is -3.99. The van der Waals surface area contributed by atoms with Crippen molar-refractivity contribution in [2.24, 2.45) is 0 Å². The first kappa shape index (κ1) is 20.0. The number of nitrogens with zero attached hydrogens (tertiary/aromatic N) is 4. The third-order valence-corrected chi connectivity index (χ3v) is 7.18. The number of pyridine rings is 1. The van der Waals surface area contributed by atoms with E-state index < -0.39 is 6.97 Å². The highest BCUT2D eigenvalue weighted by Crippen LogP contribution is 2.47. The Hall–Kier alpha value is -2.96. The number of halogens is 2. The number of aromatic nitrogens is 3.